The lowest BCUT2D eigenvalue weighted by molar-refractivity contribution is 0.362. The Hall–Kier alpha value is -1.82. The predicted molar refractivity (Wildman–Crippen MR) is 80.6 cm³/mol. The van der Waals surface area contributed by atoms with Gasteiger partial charge in [0.15, 0.2) is 17.3 Å². The maximum Gasteiger partial charge on any atom is 0.180 e. The Morgan fingerprint density at radius 3 is 2.95 bits per heavy atom. The topological polar surface area (TPSA) is 71.5 Å². The molecule has 1 saturated carbocycles. The fourth-order valence-electron chi connectivity index (χ4n) is 3.08. The van der Waals surface area contributed by atoms with Crippen molar-refractivity contribution in [1.29, 1.82) is 0 Å². The summed E-state index contributed by atoms with van der Waals surface area (Å²) in [6, 6.07) is 0. The second-order valence-corrected chi connectivity index (χ2v) is 5.64. The number of rotatable bonds is 4. The first kappa shape index (κ1) is 13.2. The number of hydrazine groups is 1. The number of imidazole rings is 1. The summed E-state index contributed by atoms with van der Waals surface area (Å²) in [7, 11) is 2.09. The van der Waals surface area contributed by atoms with Gasteiger partial charge >= 0.3 is 0 Å². The molecule has 20 heavy (non-hydrogen) atoms. The Labute approximate surface area is 119 Å². The van der Waals surface area contributed by atoms with E-state index in [0.29, 0.717) is 5.82 Å². The minimum atomic E-state index is 0.654. The first-order chi connectivity index (χ1) is 9.78. The molecule has 6 heteroatoms. The maximum absolute atomic E-state index is 5.50. The molecule has 1 aliphatic carbocycles. The average molecular weight is 274 g/mol. The molecular weight excluding hydrogens is 252 g/mol. The number of aromatic nitrogens is 3. The number of anilines is 2. The predicted octanol–water partition coefficient (Wildman–Crippen LogP) is 2.03. The highest BCUT2D eigenvalue weighted by Crippen LogP contribution is 2.27. The highest BCUT2D eigenvalue weighted by Gasteiger charge is 2.18. The van der Waals surface area contributed by atoms with Crippen LogP contribution < -0.4 is 16.2 Å². The second kappa shape index (κ2) is 5.66. The zero-order valence-corrected chi connectivity index (χ0v) is 11.9. The number of fused-ring (bicyclic) bond motifs is 1. The first-order valence-electron chi connectivity index (χ1n) is 7.29. The van der Waals surface area contributed by atoms with E-state index in [1.807, 2.05) is 16.8 Å². The summed E-state index contributed by atoms with van der Waals surface area (Å²) < 4.78 is 1.95. The summed E-state index contributed by atoms with van der Waals surface area (Å²) in [4.78, 5) is 11.2. The van der Waals surface area contributed by atoms with Gasteiger partial charge in [0.1, 0.15) is 0 Å². The van der Waals surface area contributed by atoms with E-state index in [-0.39, 0.29) is 0 Å². The number of nitrogens with two attached hydrogens (primary N) is 1. The van der Waals surface area contributed by atoms with Gasteiger partial charge in [0.05, 0.1) is 6.20 Å². The number of nitrogens with one attached hydrogen (secondary N) is 1. The third-order valence-electron chi connectivity index (χ3n) is 4.12. The van der Waals surface area contributed by atoms with E-state index in [0.717, 1.165) is 23.9 Å². The van der Waals surface area contributed by atoms with Crippen molar-refractivity contribution in [2.75, 3.05) is 23.9 Å². The average Bonchev–Trinajstić information content (AvgIpc) is 2.95. The van der Waals surface area contributed by atoms with Crippen LogP contribution >= 0.6 is 0 Å². The fourth-order valence-corrected chi connectivity index (χ4v) is 3.08. The van der Waals surface area contributed by atoms with Crippen molar-refractivity contribution < 1.29 is 0 Å². The summed E-state index contributed by atoms with van der Waals surface area (Å²) in [5.74, 6) is 7.80. The highest BCUT2D eigenvalue weighted by molar-refractivity contribution is 5.66. The third kappa shape index (κ3) is 2.56. The van der Waals surface area contributed by atoms with E-state index < -0.39 is 0 Å². The number of hydrogen-bond acceptors (Lipinski definition) is 5. The third-order valence-corrected chi connectivity index (χ3v) is 4.12. The molecule has 0 bridgehead atoms. The Bertz CT molecular complexity index is 572. The van der Waals surface area contributed by atoms with Crippen LogP contribution in [0.25, 0.3) is 5.65 Å². The Kier molecular flexibility index (Phi) is 3.73. The molecule has 3 N–H and O–H groups in total. The van der Waals surface area contributed by atoms with Gasteiger partial charge in [0.25, 0.3) is 0 Å². The molecule has 0 unspecified atom stereocenters. The molecule has 0 saturated heterocycles. The molecule has 108 valence electrons. The van der Waals surface area contributed by atoms with E-state index >= 15 is 0 Å². The van der Waals surface area contributed by atoms with Crippen LogP contribution in [0.1, 0.15) is 32.1 Å². The van der Waals surface area contributed by atoms with Crippen molar-refractivity contribution in [1.82, 2.24) is 14.4 Å². The van der Waals surface area contributed by atoms with Gasteiger partial charge in [-0.1, -0.05) is 19.3 Å². The molecule has 1 fully saturated rings. The van der Waals surface area contributed by atoms with Crippen LogP contribution in [0.2, 0.25) is 0 Å². The van der Waals surface area contributed by atoms with Crippen LogP contribution in [0.15, 0.2) is 18.6 Å². The van der Waals surface area contributed by atoms with Crippen LogP contribution in [0.3, 0.4) is 0 Å². The van der Waals surface area contributed by atoms with Crippen LogP contribution in [0, 0.1) is 5.92 Å². The minimum absolute atomic E-state index is 0.654. The molecule has 2 heterocycles. The summed E-state index contributed by atoms with van der Waals surface area (Å²) in [6.07, 6.45) is 12.3. The lowest BCUT2D eigenvalue weighted by Gasteiger charge is -2.28. The Morgan fingerprint density at radius 1 is 1.40 bits per heavy atom. The van der Waals surface area contributed by atoms with Crippen molar-refractivity contribution in [2.24, 2.45) is 11.8 Å². The van der Waals surface area contributed by atoms with Gasteiger partial charge in [-0.2, -0.15) is 0 Å². The molecule has 0 radical (unpaired) electrons. The summed E-state index contributed by atoms with van der Waals surface area (Å²) in [6.45, 7) is 1.03. The zero-order valence-electron chi connectivity index (χ0n) is 11.9. The monoisotopic (exact) mass is 274 g/mol. The fraction of sp³-hybridized carbons (Fsp3) is 0.571. The molecule has 0 amide bonds. The van der Waals surface area contributed by atoms with E-state index in [9.17, 15) is 0 Å². The lowest BCUT2D eigenvalue weighted by Crippen LogP contribution is -2.28. The molecule has 1 aliphatic rings. The Balaban J connectivity index is 1.85. The van der Waals surface area contributed by atoms with Crippen molar-refractivity contribution >= 4 is 17.3 Å². The van der Waals surface area contributed by atoms with E-state index in [2.05, 4.69) is 27.3 Å². The molecule has 0 aromatic carbocycles. The number of nitrogen functional groups attached to an aromatic ring is 1. The second-order valence-electron chi connectivity index (χ2n) is 5.64. The maximum atomic E-state index is 5.50. The van der Waals surface area contributed by atoms with E-state index in [1.54, 1.807) is 6.20 Å². The number of nitrogens with zero attached hydrogens (tertiary/aromatic N) is 4. The minimum Gasteiger partial charge on any atom is -0.356 e. The van der Waals surface area contributed by atoms with Crippen LogP contribution in [-0.2, 0) is 0 Å². The van der Waals surface area contributed by atoms with Crippen molar-refractivity contribution in [3.8, 4) is 0 Å². The van der Waals surface area contributed by atoms with Crippen molar-refractivity contribution in [3.63, 3.8) is 0 Å². The molecular formula is C14H22N6. The van der Waals surface area contributed by atoms with Gasteiger partial charge in [-0.05, 0) is 18.8 Å². The van der Waals surface area contributed by atoms with Crippen LogP contribution in [-0.4, -0.2) is 28.0 Å². The molecule has 0 atom stereocenters. The van der Waals surface area contributed by atoms with Gasteiger partial charge in [-0.3, -0.25) is 0 Å². The smallest absolute Gasteiger partial charge is 0.180 e. The van der Waals surface area contributed by atoms with E-state index in [4.69, 9.17) is 5.84 Å². The van der Waals surface area contributed by atoms with Crippen molar-refractivity contribution in [2.45, 2.75) is 32.1 Å². The largest absolute Gasteiger partial charge is 0.356 e. The first-order valence-corrected chi connectivity index (χ1v) is 7.29. The summed E-state index contributed by atoms with van der Waals surface area (Å²) in [5.41, 5.74) is 3.50. The van der Waals surface area contributed by atoms with Crippen LogP contribution in [0.4, 0.5) is 11.6 Å². The standard InChI is InChI=1S/C14H22N6/c1-19(9-11-5-3-2-4-6-11)14-13-16-7-8-20(13)10-12(17-14)18-15/h7-8,10-11,18H,2-6,9,15H2,1H3. The Morgan fingerprint density at radius 2 is 2.20 bits per heavy atom. The van der Waals surface area contributed by atoms with Gasteiger partial charge < -0.3 is 14.7 Å². The molecule has 2 aromatic rings. The summed E-state index contributed by atoms with van der Waals surface area (Å²) in [5, 5.41) is 0. The zero-order chi connectivity index (χ0) is 13.9. The lowest BCUT2D eigenvalue weighted by atomic mass is 9.89. The molecule has 0 spiro atoms. The molecule has 0 aliphatic heterocycles. The number of hydrogen-bond donors (Lipinski definition) is 2. The van der Waals surface area contributed by atoms with Gasteiger partial charge in [-0.15, -0.1) is 0 Å². The highest BCUT2D eigenvalue weighted by atomic mass is 15.3. The SMILES string of the molecule is CN(CC1CCCCC1)c1nc(NN)cn2ccnc12. The van der Waals surface area contributed by atoms with E-state index in [1.165, 1.54) is 32.1 Å². The molecule has 3 rings (SSSR count). The molecule has 2 aromatic heterocycles. The van der Waals surface area contributed by atoms with Crippen LogP contribution in [0.5, 0.6) is 0 Å². The van der Waals surface area contributed by atoms with Gasteiger partial charge in [-0.25, -0.2) is 15.8 Å². The van der Waals surface area contributed by atoms with Gasteiger partial charge in [0, 0.05) is 26.0 Å². The normalized spacial score (nSPS) is 16.5. The van der Waals surface area contributed by atoms with Gasteiger partial charge in [0.2, 0.25) is 0 Å². The molecule has 6 nitrogen and oxygen atoms in total. The van der Waals surface area contributed by atoms with Crippen molar-refractivity contribution in [3.05, 3.63) is 18.6 Å². The summed E-state index contributed by atoms with van der Waals surface area (Å²) >= 11 is 0. The quantitative estimate of drug-likeness (QED) is 0.659.